The fourth-order valence-corrected chi connectivity index (χ4v) is 5.95. The molecule has 4 aromatic rings. The van der Waals surface area contributed by atoms with Crippen LogP contribution in [0.5, 0.6) is 11.5 Å². The highest BCUT2D eigenvalue weighted by Crippen LogP contribution is 2.45. The zero-order valence-electron chi connectivity index (χ0n) is 26.4. The molecule has 5 rings (SSSR count). The second-order valence-corrected chi connectivity index (χ2v) is 11.6. The highest BCUT2D eigenvalue weighted by atomic mass is 35.5. The largest absolute Gasteiger partial charge is 0.493 e. The predicted octanol–water partition coefficient (Wildman–Crippen LogP) is 6.21. The molecular formula is C37H40ClN3O6. The number of unbranched alkanes of at least 4 members (excludes halogenated alkanes) is 1. The number of esters is 1. The van der Waals surface area contributed by atoms with Gasteiger partial charge in [-0.05, 0) is 77.6 Å². The second kappa shape index (κ2) is 16.8. The average molecular weight is 658 g/mol. The lowest BCUT2D eigenvalue weighted by atomic mass is 9.92. The van der Waals surface area contributed by atoms with E-state index in [-0.39, 0.29) is 32.0 Å². The van der Waals surface area contributed by atoms with Gasteiger partial charge in [-0.15, -0.1) is 0 Å². The lowest BCUT2D eigenvalue weighted by Gasteiger charge is -2.22. The van der Waals surface area contributed by atoms with Gasteiger partial charge in [0.15, 0.2) is 0 Å². The minimum atomic E-state index is -0.933. The van der Waals surface area contributed by atoms with E-state index in [1.54, 1.807) is 6.08 Å². The molecule has 1 heterocycles. The Labute approximate surface area is 279 Å². The van der Waals surface area contributed by atoms with Gasteiger partial charge >= 0.3 is 5.97 Å². The number of carbonyl (C=O) groups excluding carboxylic acids is 3. The Bertz CT molecular complexity index is 1740. The Kier molecular flexibility index (Phi) is 12.1. The first-order valence-electron chi connectivity index (χ1n) is 16.0. The number of halogens is 1. The number of fused-ring (bicyclic) bond motifs is 7. The maximum atomic E-state index is 13.3. The van der Waals surface area contributed by atoms with Crippen LogP contribution in [0.1, 0.15) is 38.5 Å². The van der Waals surface area contributed by atoms with Gasteiger partial charge < -0.3 is 24.8 Å². The van der Waals surface area contributed by atoms with Crippen molar-refractivity contribution in [1.29, 1.82) is 0 Å². The van der Waals surface area contributed by atoms with E-state index in [0.29, 0.717) is 43.7 Å². The SMILES string of the molecule is COC(=O)C1C/C=C/COc2ccc3ccccc3c2-c2c(ccc3ccccc23)OCCCC(=O)N[C@H](CCCCNCl)C(=O)N1. The Balaban J connectivity index is 1.51. The van der Waals surface area contributed by atoms with Crippen molar-refractivity contribution in [3.05, 3.63) is 84.9 Å². The van der Waals surface area contributed by atoms with Crippen molar-refractivity contribution in [2.75, 3.05) is 26.9 Å². The van der Waals surface area contributed by atoms with Crippen molar-refractivity contribution in [3.8, 4) is 22.6 Å². The minimum absolute atomic E-state index is 0.154. The highest BCUT2D eigenvalue weighted by molar-refractivity contribution is 6.13. The standard InChI is InChI=1S/C37H40ClN3O6/c1-45-37(44)30-16-7-9-23-46-31-20-18-25-11-2-4-13-27(25)34(31)35-28-14-5-3-12-26(28)19-21-32(35)47-24-10-17-33(42)40-29(36(43)41-30)15-6-8-22-39-38/h2-5,7,9,11-14,18-21,29-30,39H,6,8,10,15-17,22-24H2,1H3,(H,40,42)(H,41,43)/b9-7+/t29-,30?/m1/s1. The molecule has 2 amide bonds. The number of ether oxygens (including phenoxy) is 3. The van der Waals surface area contributed by atoms with E-state index in [1.165, 1.54) is 7.11 Å². The predicted molar refractivity (Wildman–Crippen MR) is 184 cm³/mol. The molecule has 1 aliphatic heterocycles. The topological polar surface area (TPSA) is 115 Å². The number of amides is 2. The van der Waals surface area contributed by atoms with E-state index in [0.717, 1.165) is 32.7 Å². The summed E-state index contributed by atoms with van der Waals surface area (Å²) in [4.78, 5) is 41.6. The second-order valence-electron chi connectivity index (χ2n) is 11.4. The van der Waals surface area contributed by atoms with Crippen molar-refractivity contribution in [1.82, 2.24) is 15.5 Å². The molecule has 4 aromatic carbocycles. The zero-order valence-corrected chi connectivity index (χ0v) is 27.2. The van der Waals surface area contributed by atoms with Crippen molar-refractivity contribution in [2.45, 2.75) is 50.6 Å². The molecule has 0 spiro atoms. The maximum Gasteiger partial charge on any atom is 0.328 e. The van der Waals surface area contributed by atoms with E-state index in [9.17, 15) is 14.4 Å². The summed E-state index contributed by atoms with van der Waals surface area (Å²) in [6, 6.07) is 22.5. The zero-order chi connectivity index (χ0) is 33.0. The highest BCUT2D eigenvalue weighted by Gasteiger charge is 2.27. The molecule has 9 nitrogen and oxygen atoms in total. The first-order valence-corrected chi connectivity index (χ1v) is 16.3. The Morgan fingerprint density at radius 3 is 2.19 bits per heavy atom. The molecule has 0 saturated heterocycles. The molecule has 246 valence electrons. The third-order valence-electron chi connectivity index (χ3n) is 8.18. The van der Waals surface area contributed by atoms with Gasteiger partial charge in [0.1, 0.15) is 30.2 Å². The minimum Gasteiger partial charge on any atom is -0.493 e. The summed E-state index contributed by atoms with van der Waals surface area (Å²) in [5.74, 6) is 0.0542. The molecule has 1 aliphatic rings. The van der Waals surface area contributed by atoms with Gasteiger partial charge in [0.25, 0.3) is 0 Å². The summed E-state index contributed by atoms with van der Waals surface area (Å²) in [5.41, 5.74) is 1.82. The van der Waals surface area contributed by atoms with Crippen LogP contribution in [0.4, 0.5) is 0 Å². The fourth-order valence-electron chi connectivity index (χ4n) is 5.82. The van der Waals surface area contributed by atoms with Gasteiger partial charge in [-0.2, -0.15) is 0 Å². The first-order chi connectivity index (χ1) is 23.0. The van der Waals surface area contributed by atoms with E-state index >= 15 is 0 Å². The first kappa shape index (κ1) is 33.8. The monoisotopic (exact) mass is 657 g/mol. The Morgan fingerprint density at radius 2 is 1.53 bits per heavy atom. The van der Waals surface area contributed by atoms with Crippen LogP contribution in [0.15, 0.2) is 84.9 Å². The van der Waals surface area contributed by atoms with Crippen LogP contribution >= 0.6 is 11.8 Å². The lowest BCUT2D eigenvalue weighted by Crippen LogP contribution is -2.51. The summed E-state index contributed by atoms with van der Waals surface area (Å²) < 4.78 is 17.8. The smallest absolute Gasteiger partial charge is 0.328 e. The Morgan fingerprint density at radius 1 is 0.872 bits per heavy atom. The quantitative estimate of drug-likeness (QED) is 0.0977. The van der Waals surface area contributed by atoms with Gasteiger partial charge in [-0.1, -0.05) is 72.8 Å². The van der Waals surface area contributed by atoms with Gasteiger partial charge in [0.05, 0.1) is 13.7 Å². The fraction of sp³-hybridized carbons (Fsp3) is 0.324. The van der Waals surface area contributed by atoms with E-state index in [4.69, 9.17) is 26.0 Å². The summed E-state index contributed by atoms with van der Waals surface area (Å²) in [6.07, 6.45) is 6.10. The van der Waals surface area contributed by atoms with Gasteiger partial charge in [0, 0.05) is 24.1 Å². The number of benzene rings is 4. The summed E-state index contributed by atoms with van der Waals surface area (Å²) in [5, 5.41) is 9.79. The lowest BCUT2D eigenvalue weighted by molar-refractivity contribution is -0.145. The van der Waals surface area contributed by atoms with Crippen molar-refractivity contribution in [2.24, 2.45) is 0 Å². The molecule has 47 heavy (non-hydrogen) atoms. The molecule has 0 radical (unpaired) electrons. The van der Waals surface area contributed by atoms with Crippen LogP contribution in [0.2, 0.25) is 0 Å². The maximum absolute atomic E-state index is 13.3. The molecule has 1 unspecified atom stereocenters. The molecule has 0 bridgehead atoms. The average Bonchev–Trinajstić information content (AvgIpc) is 3.09. The van der Waals surface area contributed by atoms with Crippen molar-refractivity contribution < 1.29 is 28.6 Å². The third-order valence-corrected chi connectivity index (χ3v) is 8.37. The molecule has 0 aliphatic carbocycles. The molecule has 0 aromatic heterocycles. The normalized spacial score (nSPS) is 18.6. The van der Waals surface area contributed by atoms with Crippen LogP contribution in [-0.4, -0.2) is 56.7 Å². The molecule has 10 heteroatoms. The van der Waals surface area contributed by atoms with Crippen LogP contribution in [0.3, 0.4) is 0 Å². The number of hydrogen-bond acceptors (Lipinski definition) is 7. The van der Waals surface area contributed by atoms with E-state index < -0.39 is 24.0 Å². The number of nitrogens with one attached hydrogen (secondary N) is 3. The summed E-state index contributed by atoms with van der Waals surface area (Å²) in [7, 11) is 1.28. The van der Waals surface area contributed by atoms with Crippen molar-refractivity contribution >= 4 is 51.1 Å². The van der Waals surface area contributed by atoms with Crippen LogP contribution in [0, 0.1) is 0 Å². The molecule has 3 N–H and O–H groups in total. The van der Waals surface area contributed by atoms with E-state index in [2.05, 4.69) is 39.7 Å². The van der Waals surface area contributed by atoms with Crippen LogP contribution in [-0.2, 0) is 19.1 Å². The van der Waals surface area contributed by atoms with Crippen molar-refractivity contribution in [3.63, 3.8) is 0 Å². The van der Waals surface area contributed by atoms with Gasteiger partial charge in [0.2, 0.25) is 11.8 Å². The molecule has 0 fully saturated rings. The van der Waals surface area contributed by atoms with Gasteiger partial charge in [-0.3, -0.25) is 9.59 Å². The number of rotatable bonds is 6. The molecule has 2 atom stereocenters. The van der Waals surface area contributed by atoms with Crippen LogP contribution in [0.25, 0.3) is 32.7 Å². The number of hydrogen-bond donors (Lipinski definition) is 3. The summed E-state index contributed by atoms with van der Waals surface area (Å²) >= 11 is 5.59. The molecule has 0 saturated carbocycles. The summed E-state index contributed by atoms with van der Waals surface area (Å²) in [6.45, 7) is 1.07. The van der Waals surface area contributed by atoms with Gasteiger partial charge in [-0.25, -0.2) is 9.63 Å². The third kappa shape index (κ3) is 8.61. The Hall–Kier alpha value is -4.60. The molecular weight excluding hydrogens is 618 g/mol. The number of methoxy groups -OCH3 is 1. The van der Waals surface area contributed by atoms with E-state index in [1.807, 2.05) is 54.6 Å². The number of carbonyl (C=O) groups is 3. The van der Waals surface area contributed by atoms with Crippen LogP contribution < -0.4 is 24.9 Å².